The van der Waals surface area contributed by atoms with E-state index in [2.05, 4.69) is 10.1 Å². The summed E-state index contributed by atoms with van der Waals surface area (Å²) in [6.07, 6.45) is 1.62. The molecule has 2 heterocycles. The molecular weight excluding hydrogens is 484 g/mol. The van der Waals surface area contributed by atoms with Gasteiger partial charge >= 0.3 is 0 Å². The first-order valence-corrected chi connectivity index (χ1v) is 11.9. The Kier molecular flexibility index (Phi) is 6.65. The standard InChI is InChI=1S/C26H19ClN4O3S/c27-22-12-5-4-11-20(22)25-30-31-23(28)21(24(32)29-26(31)35-25)16-17-7-6-10-19(15-17)34-14-13-33-18-8-2-1-3-9-18/h1-12,15-16,28H,13-14H2/b21-16+,28-23?. The van der Waals surface area contributed by atoms with Crippen molar-refractivity contribution < 1.29 is 14.3 Å². The molecule has 0 fully saturated rings. The van der Waals surface area contributed by atoms with Gasteiger partial charge in [-0.3, -0.25) is 10.2 Å². The second kappa shape index (κ2) is 10.2. The van der Waals surface area contributed by atoms with Gasteiger partial charge in [-0.2, -0.15) is 15.1 Å². The van der Waals surface area contributed by atoms with Gasteiger partial charge in [0.15, 0.2) is 5.84 Å². The number of amidine groups is 2. The SMILES string of the molecule is N=C1/C(=C\c2cccc(OCCOc3ccccc3)c2)C(=O)N=C2SC(c3ccccc3Cl)=NN12. The van der Waals surface area contributed by atoms with Crippen LogP contribution in [0.25, 0.3) is 6.08 Å². The molecule has 9 heteroatoms. The van der Waals surface area contributed by atoms with E-state index >= 15 is 0 Å². The highest BCUT2D eigenvalue weighted by Gasteiger charge is 2.36. The Hall–Kier alpha value is -3.88. The Bertz CT molecular complexity index is 1390. The summed E-state index contributed by atoms with van der Waals surface area (Å²) in [7, 11) is 0. The number of nitrogens with zero attached hydrogens (tertiary/aromatic N) is 3. The summed E-state index contributed by atoms with van der Waals surface area (Å²) in [5.41, 5.74) is 1.58. The van der Waals surface area contributed by atoms with Crippen LogP contribution < -0.4 is 9.47 Å². The van der Waals surface area contributed by atoms with Crippen LogP contribution >= 0.6 is 23.4 Å². The molecule has 174 valence electrons. The van der Waals surface area contributed by atoms with Crippen LogP contribution in [-0.2, 0) is 4.79 Å². The number of para-hydroxylation sites is 1. The molecule has 2 aliphatic heterocycles. The molecule has 0 saturated carbocycles. The van der Waals surface area contributed by atoms with Gasteiger partial charge < -0.3 is 9.47 Å². The van der Waals surface area contributed by atoms with Crippen LogP contribution in [0, 0.1) is 5.41 Å². The molecule has 3 aromatic rings. The number of thioether (sulfide) groups is 1. The van der Waals surface area contributed by atoms with E-state index in [4.69, 9.17) is 26.5 Å². The van der Waals surface area contributed by atoms with E-state index in [0.717, 1.165) is 11.3 Å². The molecule has 0 aromatic heterocycles. The lowest BCUT2D eigenvalue weighted by Crippen LogP contribution is -2.35. The summed E-state index contributed by atoms with van der Waals surface area (Å²) < 4.78 is 11.4. The number of rotatable bonds is 7. The van der Waals surface area contributed by atoms with E-state index in [1.807, 2.05) is 66.7 Å². The molecule has 2 aliphatic rings. The summed E-state index contributed by atoms with van der Waals surface area (Å²) in [4.78, 5) is 16.9. The van der Waals surface area contributed by atoms with Crippen molar-refractivity contribution >= 4 is 51.4 Å². The molecule has 1 N–H and O–H groups in total. The summed E-state index contributed by atoms with van der Waals surface area (Å²) in [6, 6.07) is 24.1. The first-order valence-electron chi connectivity index (χ1n) is 10.7. The van der Waals surface area contributed by atoms with E-state index in [1.54, 1.807) is 18.2 Å². The molecule has 0 bridgehead atoms. The first-order chi connectivity index (χ1) is 17.1. The third-order valence-electron chi connectivity index (χ3n) is 5.09. The van der Waals surface area contributed by atoms with Gasteiger partial charge in [-0.1, -0.05) is 60.1 Å². The second-order valence-corrected chi connectivity index (χ2v) is 8.85. The number of hydrogen-bond donors (Lipinski definition) is 1. The van der Waals surface area contributed by atoms with Gasteiger partial charge in [-0.15, -0.1) is 0 Å². The van der Waals surface area contributed by atoms with E-state index < -0.39 is 5.91 Å². The lowest BCUT2D eigenvalue weighted by molar-refractivity contribution is -0.114. The van der Waals surface area contributed by atoms with Crippen molar-refractivity contribution in [3.63, 3.8) is 0 Å². The minimum atomic E-state index is -0.494. The van der Waals surface area contributed by atoms with E-state index in [0.29, 0.717) is 39.8 Å². The number of hydrazone groups is 1. The summed E-state index contributed by atoms with van der Waals surface area (Å²) in [5.74, 6) is 0.874. The van der Waals surface area contributed by atoms with Gasteiger partial charge in [0.2, 0.25) is 5.17 Å². The van der Waals surface area contributed by atoms with Crippen LogP contribution in [0.1, 0.15) is 11.1 Å². The number of nitrogens with one attached hydrogen (secondary N) is 1. The van der Waals surface area contributed by atoms with Crippen LogP contribution in [0.2, 0.25) is 5.02 Å². The van der Waals surface area contributed by atoms with Gasteiger partial charge in [-0.25, -0.2) is 0 Å². The number of carbonyl (C=O) groups excluding carboxylic acids is 1. The van der Waals surface area contributed by atoms with Gasteiger partial charge in [0.1, 0.15) is 29.8 Å². The lowest BCUT2D eigenvalue weighted by Gasteiger charge is -2.20. The van der Waals surface area contributed by atoms with E-state index in [9.17, 15) is 4.79 Å². The molecule has 0 spiro atoms. The Morgan fingerprint density at radius 3 is 2.46 bits per heavy atom. The van der Waals surface area contributed by atoms with Crippen LogP contribution in [0.15, 0.2) is 94.5 Å². The molecule has 0 unspecified atom stereocenters. The van der Waals surface area contributed by atoms with Gasteiger partial charge in [-0.05, 0) is 53.7 Å². The highest BCUT2D eigenvalue weighted by Crippen LogP contribution is 2.33. The predicted octanol–water partition coefficient (Wildman–Crippen LogP) is 5.47. The Labute approximate surface area is 211 Å². The Morgan fingerprint density at radius 2 is 1.66 bits per heavy atom. The fraction of sp³-hybridized carbons (Fsp3) is 0.0769. The quantitative estimate of drug-likeness (QED) is 0.342. The molecule has 3 aromatic carbocycles. The Balaban J connectivity index is 1.29. The maximum Gasteiger partial charge on any atom is 0.283 e. The van der Waals surface area contributed by atoms with Crippen molar-refractivity contribution in [1.82, 2.24) is 5.01 Å². The molecule has 1 amide bonds. The molecule has 7 nitrogen and oxygen atoms in total. The normalized spacial score (nSPS) is 16.1. The number of ether oxygens (including phenoxy) is 2. The van der Waals surface area contributed by atoms with Crippen molar-refractivity contribution in [3.05, 3.63) is 101 Å². The fourth-order valence-electron chi connectivity index (χ4n) is 3.43. The average molecular weight is 503 g/mol. The summed E-state index contributed by atoms with van der Waals surface area (Å²) in [5, 5.41) is 15.9. The second-order valence-electron chi connectivity index (χ2n) is 7.49. The maximum absolute atomic E-state index is 12.7. The van der Waals surface area contributed by atoms with Crippen LogP contribution in [0.4, 0.5) is 0 Å². The van der Waals surface area contributed by atoms with Crippen molar-refractivity contribution in [1.29, 1.82) is 5.41 Å². The number of halogens is 1. The molecule has 0 atom stereocenters. The van der Waals surface area contributed by atoms with Crippen LogP contribution in [0.5, 0.6) is 11.5 Å². The zero-order chi connectivity index (χ0) is 24.2. The first kappa shape index (κ1) is 22.9. The third kappa shape index (κ3) is 5.13. The number of amides is 1. The van der Waals surface area contributed by atoms with Gasteiger partial charge in [0, 0.05) is 5.56 Å². The number of aliphatic imine (C=N–C) groups is 1. The van der Waals surface area contributed by atoms with Crippen LogP contribution in [-0.4, -0.2) is 40.2 Å². The molecule has 0 aliphatic carbocycles. The van der Waals surface area contributed by atoms with Crippen molar-refractivity contribution in [2.75, 3.05) is 13.2 Å². The van der Waals surface area contributed by atoms with E-state index in [1.165, 1.54) is 16.8 Å². The highest BCUT2D eigenvalue weighted by molar-refractivity contribution is 8.27. The summed E-state index contributed by atoms with van der Waals surface area (Å²) >= 11 is 7.50. The van der Waals surface area contributed by atoms with Crippen molar-refractivity contribution in [3.8, 4) is 11.5 Å². The largest absolute Gasteiger partial charge is 0.490 e. The minimum absolute atomic E-state index is 0.0443. The average Bonchev–Trinajstić information content (AvgIpc) is 3.29. The molecular formula is C26H19ClN4O3S. The van der Waals surface area contributed by atoms with Crippen molar-refractivity contribution in [2.24, 2.45) is 10.1 Å². The maximum atomic E-state index is 12.7. The minimum Gasteiger partial charge on any atom is -0.490 e. The molecule has 0 saturated heterocycles. The monoisotopic (exact) mass is 502 g/mol. The number of benzene rings is 3. The van der Waals surface area contributed by atoms with Gasteiger partial charge in [0.05, 0.1) is 10.6 Å². The highest BCUT2D eigenvalue weighted by atomic mass is 35.5. The molecule has 0 radical (unpaired) electrons. The summed E-state index contributed by atoms with van der Waals surface area (Å²) in [6.45, 7) is 0.760. The molecule has 35 heavy (non-hydrogen) atoms. The number of fused-ring (bicyclic) bond motifs is 1. The smallest absolute Gasteiger partial charge is 0.283 e. The zero-order valence-electron chi connectivity index (χ0n) is 18.3. The predicted molar refractivity (Wildman–Crippen MR) is 139 cm³/mol. The topological polar surface area (TPSA) is 87.3 Å². The number of hydrogen-bond acceptors (Lipinski definition) is 6. The zero-order valence-corrected chi connectivity index (χ0v) is 19.9. The lowest BCUT2D eigenvalue weighted by atomic mass is 10.1. The fourth-order valence-corrected chi connectivity index (χ4v) is 4.64. The third-order valence-corrected chi connectivity index (χ3v) is 6.36. The van der Waals surface area contributed by atoms with Gasteiger partial charge in [0.25, 0.3) is 5.91 Å². The number of carbonyl (C=O) groups is 1. The Morgan fingerprint density at radius 1 is 0.943 bits per heavy atom. The molecule has 5 rings (SSSR count). The van der Waals surface area contributed by atoms with E-state index in [-0.39, 0.29) is 11.4 Å². The van der Waals surface area contributed by atoms with Crippen LogP contribution in [0.3, 0.4) is 0 Å². The van der Waals surface area contributed by atoms with Crippen molar-refractivity contribution in [2.45, 2.75) is 0 Å².